The Kier molecular flexibility index (Phi) is 4.23. The predicted molar refractivity (Wildman–Crippen MR) is 73.4 cm³/mol. The Morgan fingerprint density at radius 1 is 1.33 bits per heavy atom. The minimum atomic E-state index is -0.0431. The third-order valence-corrected chi connectivity index (χ3v) is 3.23. The molecule has 0 saturated heterocycles. The Morgan fingerprint density at radius 3 is 2.89 bits per heavy atom. The van der Waals surface area contributed by atoms with Crippen LogP contribution >= 0.6 is 0 Å². The molecule has 2 heterocycles. The zero-order chi connectivity index (χ0) is 13.0. The number of fused-ring (bicyclic) bond motifs is 1. The van der Waals surface area contributed by atoms with Gasteiger partial charge in [0, 0.05) is 11.8 Å². The van der Waals surface area contributed by atoms with Crippen LogP contribution in [-0.2, 0) is 0 Å². The standard InChI is InChI=1S/C13H22N4O/c1-3-4-5-6-7-8-11-15-13-14-10(2)9-12(18)17(13)16-11/h9,11,16H,3-8H2,1-2H3,(H,14,15). The van der Waals surface area contributed by atoms with E-state index in [0.717, 1.165) is 12.1 Å². The van der Waals surface area contributed by atoms with Crippen molar-refractivity contribution in [2.45, 2.75) is 58.5 Å². The van der Waals surface area contributed by atoms with Gasteiger partial charge in [-0.05, 0) is 19.8 Å². The first-order chi connectivity index (χ1) is 8.70. The number of hydrogen-bond donors (Lipinski definition) is 2. The maximum absolute atomic E-state index is 11.7. The molecule has 5 heteroatoms. The first-order valence-electron chi connectivity index (χ1n) is 6.84. The van der Waals surface area contributed by atoms with Crippen molar-refractivity contribution in [1.29, 1.82) is 0 Å². The van der Waals surface area contributed by atoms with Crippen molar-refractivity contribution in [1.82, 2.24) is 9.66 Å². The number of aromatic nitrogens is 2. The fourth-order valence-corrected chi connectivity index (χ4v) is 2.25. The number of rotatable bonds is 6. The fraction of sp³-hybridized carbons (Fsp3) is 0.692. The summed E-state index contributed by atoms with van der Waals surface area (Å²) in [5.41, 5.74) is 3.86. The van der Waals surface area contributed by atoms with Crippen LogP contribution in [0.4, 0.5) is 5.95 Å². The van der Waals surface area contributed by atoms with Gasteiger partial charge in [0.15, 0.2) is 0 Å². The largest absolute Gasteiger partial charge is 0.333 e. The van der Waals surface area contributed by atoms with Gasteiger partial charge < -0.3 is 5.32 Å². The highest BCUT2D eigenvalue weighted by Crippen LogP contribution is 2.14. The van der Waals surface area contributed by atoms with Crippen LogP contribution in [0.2, 0.25) is 0 Å². The van der Waals surface area contributed by atoms with E-state index in [4.69, 9.17) is 0 Å². The van der Waals surface area contributed by atoms with Crippen LogP contribution in [-0.4, -0.2) is 15.8 Å². The molecule has 1 aliphatic heterocycles. The van der Waals surface area contributed by atoms with E-state index in [1.807, 2.05) is 6.92 Å². The number of anilines is 1. The highest BCUT2D eigenvalue weighted by atomic mass is 16.1. The van der Waals surface area contributed by atoms with Crippen LogP contribution in [0.5, 0.6) is 0 Å². The molecule has 2 N–H and O–H groups in total. The Bertz CT molecular complexity index is 455. The van der Waals surface area contributed by atoms with Gasteiger partial charge >= 0.3 is 0 Å². The van der Waals surface area contributed by atoms with Crippen LogP contribution in [0.25, 0.3) is 0 Å². The zero-order valence-electron chi connectivity index (χ0n) is 11.2. The maximum Gasteiger partial charge on any atom is 0.273 e. The van der Waals surface area contributed by atoms with E-state index in [1.165, 1.54) is 36.8 Å². The van der Waals surface area contributed by atoms with Crippen LogP contribution < -0.4 is 16.3 Å². The molecule has 2 rings (SSSR count). The summed E-state index contributed by atoms with van der Waals surface area (Å²) in [5.74, 6) is 0.638. The number of nitrogens with one attached hydrogen (secondary N) is 2. The topological polar surface area (TPSA) is 59.0 Å². The summed E-state index contributed by atoms with van der Waals surface area (Å²) in [4.78, 5) is 16.0. The lowest BCUT2D eigenvalue weighted by molar-refractivity contribution is 0.576. The second kappa shape index (κ2) is 5.89. The number of unbranched alkanes of at least 4 members (excludes halogenated alkanes) is 4. The quantitative estimate of drug-likeness (QED) is 0.760. The first-order valence-corrected chi connectivity index (χ1v) is 6.84. The van der Waals surface area contributed by atoms with E-state index in [2.05, 4.69) is 22.7 Å². The van der Waals surface area contributed by atoms with Gasteiger partial charge in [-0.2, -0.15) is 4.68 Å². The summed E-state index contributed by atoms with van der Waals surface area (Å²) < 4.78 is 1.50. The SMILES string of the molecule is CCCCCCCC1Nc2nc(C)cc(=O)n2N1. The molecule has 5 nitrogen and oxygen atoms in total. The van der Waals surface area contributed by atoms with Gasteiger partial charge in [0.25, 0.3) is 5.56 Å². The molecular weight excluding hydrogens is 228 g/mol. The molecule has 1 unspecified atom stereocenters. The van der Waals surface area contributed by atoms with Gasteiger partial charge in [-0.25, -0.2) is 4.98 Å². The van der Waals surface area contributed by atoms with Crippen molar-refractivity contribution in [3.8, 4) is 0 Å². The third kappa shape index (κ3) is 3.03. The van der Waals surface area contributed by atoms with E-state index in [0.29, 0.717) is 5.95 Å². The van der Waals surface area contributed by atoms with E-state index >= 15 is 0 Å². The molecular formula is C13H22N4O. The van der Waals surface area contributed by atoms with Gasteiger partial charge in [0.05, 0.1) is 0 Å². The lowest BCUT2D eigenvalue weighted by Gasteiger charge is -2.10. The summed E-state index contributed by atoms with van der Waals surface area (Å²) in [6, 6.07) is 1.54. The summed E-state index contributed by atoms with van der Waals surface area (Å²) in [6.45, 7) is 4.05. The van der Waals surface area contributed by atoms with E-state index in [1.54, 1.807) is 6.07 Å². The zero-order valence-corrected chi connectivity index (χ0v) is 11.2. The summed E-state index contributed by atoms with van der Waals surface area (Å²) in [5, 5.41) is 3.25. The molecule has 100 valence electrons. The molecule has 0 saturated carbocycles. The van der Waals surface area contributed by atoms with Crippen molar-refractivity contribution < 1.29 is 0 Å². The molecule has 0 amide bonds. The highest BCUT2D eigenvalue weighted by Gasteiger charge is 2.20. The third-order valence-electron chi connectivity index (χ3n) is 3.23. The van der Waals surface area contributed by atoms with Gasteiger partial charge in [-0.1, -0.05) is 32.6 Å². The predicted octanol–water partition coefficient (Wildman–Crippen LogP) is 2.21. The van der Waals surface area contributed by atoms with Crippen molar-refractivity contribution in [2.75, 3.05) is 10.7 Å². The first kappa shape index (κ1) is 12.9. The van der Waals surface area contributed by atoms with Gasteiger partial charge in [-0.3, -0.25) is 10.2 Å². The Morgan fingerprint density at radius 2 is 2.11 bits per heavy atom. The molecule has 1 aliphatic rings. The molecule has 18 heavy (non-hydrogen) atoms. The smallest absolute Gasteiger partial charge is 0.273 e. The van der Waals surface area contributed by atoms with Crippen molar-refractivity contribution >= 4 is 5.95 Å². The summed E-state index contributed by atoms with van der Waals surface area (Å²) in [6.07, 6.45) is 7.46. The van der Waals surface area contributed by atoms with Crippen LogP contribution in [0.15, 0.2) is 10.9 Å². The molecule has 1 aromatic heterocycles. The normalized spacial score (nSPS) is 17.1. The van der Waals surface area contributed by atoms with Crippen LogP contribution in [0.1, 0.15) is 51.1 Å². The minimum absolute atomic E-state index is 0.0431. The number of nitrogens with zero attached hydrogens (tertiary/aromatic N) is 2. The lowest BCUT2D eigenvalue weighted by Crippen LogP contribution is -2.30. The van der Waals surface area contributed by atoms with Gasteiger partial charge in [0.2, 0.25) is 5.95 Å². The molecule has 1 aromatic rings. The molecule has 0 radical (unpaired) electrons. The Balaban J connectivity index is 1.83. The summed E-state index contributed by atoms with van der Waals surface area (Å²) >= 11 is 0. The van der Waals surface area contributed by atoms with Crippen molar-refractivity contribution in [2.24, 2.45) is 0 Å². The molecule has 0 bridgehead atoms. The summed E-state index contributed by atoms with van der Waals surface area (Å²) in [7, 11) is 0. The molecule has 0 aliphatic carbocycles. The maximum atomic E-state index is 11.7. The van der Waals surface area contributed by atoms with Gasteiger partial charge in [-0.15, -0.1) is 0 Å². The van der Waals surface area contributed by atoms with Crippen molar-refractivity contribution in [3.05, 3.63) is 22.1 Å². The van der Waals surface area contributed by atoms with Crippen molar-refractivity contribution in [3.63, 3.8) is 0 Å². The Labute approximate surface area is 108 Å². The average molecular weight is 250 g/mol. The second-order valence-corrected chi connectivity index (χ2v) is 4.92. The van der Waals surface area contributed by atoms with Crippen LogP contribution in [0.3, 0.4) is 0 Å². The molecule has 0 fully saturated rings. The van der Waals surface area contributed by atoms with E-state index in [9.17, 15) is 4.79 Å². The second-order valence-electron chi connectivity index (χ2n) is 4.92. The number of hydrogen-bond acceptors (Lipinski definition) is 4. The molecule has 1 atom stereocenters. The minimum Gasteiger partial charge on any atom is -0.333 e. The monoisotopic (exact) mass is 250 g/mol. The van der Waals surface area contributed by atoms with Crippen LogP contribution in [0, 0.1) is 6.92 Å². The fourth-order valence-electron chi connectivity index (χ4n) is 2.25. The number of aryl methyl sites for hydroxylation is 1. The molecule has 0 spiro atoms. The lowest BCUT2D eigenvalue weighted by atomic mass is 10.1. The van der Waals surface area contributed by atoms with Gasteiger partial charge in [0.1, 0.15) is 6.17 Å². The molecule has 0 aromatic carbocycles. The highest BCUT2D eigenvalue weighted by molar-refractivity contribution is 5.35. The van der Waals surface area contributed by atoms with E-state index < -0.39 is 0 Å². The Hall–Kier alpha value is -1.52. The van der Waals surface area contributed by atoms with E-state index in [-0.39, 0.29) is 11.7 Å². The average Bonchev–Trinajstić information content (AvgIpc) is 2.72.